The second-order valence-corrected chi connectivity index (χ2v) is 10.3. The first-order chi connectivity index (χ1) is 16.2. The number of rotatable bonds is 13. The summed E-state index contributed by atoms with van der Waals surface area (Å²) in [6, 6.07) is 16.6. The Kier molecular flexibility index (Phi) is 10.6. The normalized spacial score (nSPS) is 12.1. The number of carbonyl (C=O) groups is 2. The number of anilines is 1. The third-order valence-corrected chi connectivity index (χ3v) is 6.94. The minimum atomic E-state index is -3.50. The molecule has 2 aromatic rings. The number of hydrogen-bond donors (Lipinski definition) is 1. The zero-order chi connectivity index (χ0) is 25.1. The van der Waals surface area contributed by atoms with Crippen molar-refractivity contribution in [1.82, 2.24) is 10.2 Å². The van der Waals surface area contributed by atoms with Crippen molar-refractivity contribution in [3.63, 3.8) is 0 Å². The first kappa shape index (κ1) is 27.4. The van der Waals surface area contributed by atoms with Gasteiger partial charge in [0.2, 0.25) is 21.8 Å². The second kappa shape index (κ2) is 13.1. The summed E-state index contributed by atoms with van der Waals surface area (Å²) in [4.78, 5) is 27.6. The highest BCUT2D eigenvalue weighted by Crippen LogP contribution is 2.23. The van der Waals surface area contributed by atoms with Crippen molar-refractivity contribution in [2.45, 2.75) is 52.5 Å². The molecular formula is C26H37N3O4S. The molecule has 0 heterocycles. The highest BCUT2D eigenvalue weighted by atomic mass is 32.2. The van der Waals surface area contributed by atoms with Crippen LogP contribution in [0.4, 0.5) is 5.69 Å². The van der Waals surface area contributed by atoms with Crippen LogP contribution in [-0.4, -0.2) is 57.1 Å². The minimum Gasteiger partial charge on any atom is -0.355 e. The fraction of sp³-hybridized carbons (Fsp3) is 0.462. The predicted molar refractivity (Wildman–Crippen MR) is 137 cm³/mol. The Morgan fingerprint density at radius 3 is 2.21 bits per heavy atom. The van der Waals surface area contributed by atoms with E-state index < -0.39 is 16.1 Å². The number of aryl methyl sites for hydroxylation is 1. The van der Waals surface area contributed by atoms with E-state index in [1.807, 2.05) is 63.2 Å². The summed E-state index contributed by atoms with van der Waals surface area (Å²) in [5.74, 6) is -0.309. The van der Waals surface area contributed by atoms with Crippen molar-refractivity contribution in [3.05, 3.63) is 65.7 Å². The molecule has 7 nitrogen and oxygen atoms in total. The average Bonchev–Trinajstić information content (AvgIpc) is 2.80. The molecule has 0 aliphatic rings. The number of nitrogens with zero attached hydrogens (tertiary/aromatic N) is 2. The predicted octanol–water partition coefficient (Wildman–Crippen LogP) is 3.53. The van der Waals surface area contributed by atoms with Crippen molar-refractivity contribution in [2.24, 2.45) is 0 Å². The monoisotopic (exact) mass is 487 g/mol. The lowest BCUT2D eigenvalue weighted by Gasteiger charge is -2.31. The number of carbonyl (C=O) groups excluding carboxylic acids is 2. The number of likely N-dealkylation sites (N-methyl/N-ethyl adjacent to an activating group) is 1. The van der Waals surface area contributed by atoms with Crippen LogP contribution in [0, 0.1) is 6.92 Å². The lowest BCUT2D eigenvalue weighted by molar-refractivity contribution is -0.140. The van der Waals surface area contributed by atoms with Gasteiger partial charge in [-0.1, -0.05) is 55.5 Å². The molecule has 1 N–H and O–H groups in total. The second-order valence-electron chi connectivity index (χ2n) is 8.37. The van der Waals surface area contributed by atoms with Crippen LogP contribution in [0.25, 0.3) is 0 Å². The molecule has 0 aliphatic carbocycles. The molecule has 2 aromatic carbocycles. The molecule has 186 valence electrons. The van der Waals surface area contributed by atoms with Crippen LogP contribution < -0.4 is 9.62 Å². The molecule has 2 rings (SSSR count). The van der Waals surface area contributed by atoms with Crippen LogP contribution >= 0.6 is 0 Å². The van der Waals surface area contributed by atoms with Crippen molar-refractivity contribution < 1.29 is 18.0 Å². The van der Waals surface area contributed by atoms with E-state index in [-0.39, 0.29) is 24.8 Å². The molecule has 0 unspecified atom stereocenters. The van der Waals surface area contributed by atoms with Gasteiger partial charge in [-0.25, -0.2) is 8.42 Å². The van der Waals surface area contributed by atoms with E-state index in [9.17, 15) is 18.0 Å². The van der Waals surface area contributed by atoms with Gasteiger partial charge < -0.3 is 10.2 Å². The molecule has 2 amide bonds. The van der Waals surface area contributed by atoms with Crippen molar-refractivity contribution in [2.75, 3.05) is 30.2 Å². The number of para-hydroxylation sites is 1. The van der Waals surface area contributed by atoms with Gasteiger partial charge in [-0.05, 0) is 50.3 Å². The van der Waals surface area contributed by atoms with Crippen molar-refractivity contribution >= 4 is 27.5 Å². The van der Waals surface area contributed by atoms with Crippen LogP contribution in [0.3, 0.4) is 0 Å². The van der Waals surface area contributed by atoms with E-state index in [4.69, 9.17) is 0 Å². The number of nitrogens with one attached hydrogen (secondary N) is 1. The number of amides is 2. The van der Waals surface area contributed by atoms with Gasteiger partial charge in [0.25, 0.3) is 0 Å². The Morgan fingerprint density at radius 1 is 0.971 bits per heavy atom. The van der Waals surface area contributed by atoms with Crippen molar-refractivity contribution in [1.29, 1.82) is 0 Å². The molecular weight excluding hydrogens is 450 g/mol. The third kappa shape index (κ3) is 7.87. The molecule has 8 heteroatoms. The molecule has 0 saturated heterocycles. The molecule has 1 atom stereocenters. The third-order valence-electron chi connectivity index (χ3n) is 5.76. The standard InChI is InChI=1S/C26H37N3O4S/c1-5-23(26(31)27-6-2)28(20-18-22-14-8-7-9-15-22)25(30)17-12-19-29(34(4,32)33)24-16-11-10-13-21(24)3/h7-11,13-16,23H,5-6,12,17-20H2,1-4H3,(H,27,31)/t23-/m1/s1. The highest BCUT2D eigenvalue weighted by Gasteiger charge is 2.28. The van der Waals surface area contributed by atoms with Gasteiger partial charge in [0.1, 0.15) is 6.04 Å². The topological polar surface area (TPSA) is 86.8 Å². The summed E-state index contributed by atoms with van der Waals surface area (Å²) in [7, 11) is -3.50. The summed E-state index contributed by atoms with van der Waals surface area (Å²) in [5, 5.41) is 2.83. The SMILES string of the molecule is CCNC(=O)[C@@H](CC)N(CCc1ccccc1)C(=O)CCCN(c1ccccc1C)S(C)(=O)=O. The van der Waals surface area contributed by atoms with E-state index in [1.54, 1.807) is 17.0 Å². The maximum Gasteiger partial charge on any atom is 0.242 e. The first-order valence-electron chi connectivity index (χ1n) is 11.8. The molecule has 0 saturated carbocycles. The van der Waals surface area contributed by atoms with Gasteiger partial charge in [-0.2, -0.15) is 0 Å². The highest BCUT2D eigenvalue weighted by molar-refractivity contribution is 7.92. The minimum absolute atomic E-state index is 0.146. The fourth-order valence-electron chi connectivity index (χ4n) is 4.01. The molecule has 0 radical (unpaired) electrons. The molecule has 0 fully saturated rings. The maximum absolute atomic E-state index is 13.3. The van der Waals surface area contributed by atoms with E-state index in [0.29, 0.717) is 38.0 Å². The molecule has 0 spiro atoms. The van der Waals surface area contributed by atoms with E-state index in [1.165, 1.54) is 10.6 Å². The first-order valence-corrected chi connectivity index (χ1v) is 13.7. The smallest absolute Gasteiger partial charge is 0.242 e. The van der Waals surface area contributed by atoms with E-state index >= 15 is 0 Å². The van der Waals surface area contributed by atoms with Crippen LogP contribution in [0.2, 0.25) is 0 Å². The summed E-state index contributed by atoms with van der Waals surface area (Å²) >= 11 is 0. The number of hydrogen-bond acceptors (Lipinski definition) is 4. The Bertz CT molecular complexity index is 1040. The average molecular weight is 488 g/mol. The summed E-state index contributed by atoms with van der Waals surface area (Å²) in [5.41, 5.74) is 2.56. The quantitative estimate of drug-likeness (QED) is 0.468. The molecule has 34 heavy (non-hydrogen) atoms. The van der Waals surface area contributed by atoms with E-state index in [0.717, 1.165) is 11.1 Å². The van der Waals surface area contributed by atoms with Gasteiger partial charge in [0, 0.05) is 26.1 Å². The van der Waals surface area contributed by atoms with Crippen LogP contribution in [-0.2, 0) is 26.0 Å². The maximum atomic E-state index is 13.3. The number of sulfonamides is 1. The number of benzene rings is 2. The zero-order valence-electron chi connectivity index (χ0n) is 20.7. The van der Waals surface area contributed by atoms with Gasteiger partial charge >= 0.3 is 0 Å². The summed E-state index contributed by atoms with van der Waals surface area (Å²) in [6.45, 7) is 6.72. The zero-order valence-corrected chi connectivity index (χ0v) is 21.5. The Balaban J connectivity index is 2.14. The van der Waals surface area contributed by atoms with Gasteiger partial charge in [0.15, 0.2) is 0 Å². The summed E-state index contributed by atoms with van der Waals surface area (Å²) < 4.78 is 26.2. The lowest BCUT2D eigenvalue weighted by atomic mass is 10.1. The lowest BCUT2D eigenvalue weighted by Crippen LogP contribution is -2.50. The van der Waals surface area contributed by atoms with Gasteiger partial charge in [0.05, 0.1) is 11.9 Å². The molecule has 0 aliphatic heterocycles. The largest absolute Gasteiger partial charge is 0.355 e. The van der Waals surface area contributed by atoms with Gasteiger partial charge in [-0.3, -0.25) is 13.9 Å². The van der Waals surface area contributed by atoms with Crippen LogP contribution in [0.15, 0.2) is 54.6 Å². The van der Waals surface area contributed by atoms with E-state index in [2.05, 4.69) is 5.32 Å². The molecule has 0 bridgehead atoms. The van der Waals surface area contributed by atoms with Crippen molar-refractivity contribution in [3.8, 4) is 0 Å². The Hall–Kier alpha value is -2.87. The Labute approximate surface area is 204 Å². The molecule has 0 aromatic heterocycles. The Morgan fingerprint density at radius 2 is 1.62 bits per heavy atom. The van der Waals surface area contributed by atoms with Gasteiger partial charge in [-0.15, -0.1) is 0 Å². The summed E-state index contributed by atoms with van der Waals surface area (Å²) in [6.07, 6.45) is 2.83. The fourth-order valence-corrected chi connectivity index (χ4v) is 5.04. The van der Waals surface area contributed by atoms with Crippen LogP contribution in [0.5, 0.6) is 0 Å². The van der Waals surface area contributed by atoms with Crippen LogP contribution in [0.1, 0.15) is 44.2 Å².